The predicted octanol–water partition coefficient (Wildman–Crippen LogP) is 1.99. The molecule has 0 fully saturated rings. The summed E-state index contributed by atoms with van der Waals surface area (Å²) in [5.74, 6) is 0.0927. The second kappa shape index (κ2) is 6.14. The van der Waals surface area contributed by atoms with Crippen molar-refractivity contribution in [1.29, 1.82) is 0 Å². The van der Waals surface area contributed by atoms with Gasteiger partial charge in [-0.15, -0.1) is 0 Å². The molecule has 0 bridgehead atoms. The van der Waals surface area contributed by atoms with Gasteiger partial charge < -0.3 is 15.0 Å². The molecular formula is C10H16F3N3O2. The summed E-state index contributed by atoms with van der Waals surface area (Å²) >= 11 is 0. The Balaban J connectivity index is 2.47. The Morgan fingerprint density at radius 2 is 2.06 bits per heavy atom. The van der Waals surface area contributed by atoms with E-state index in [1.54, 1.807) is 0 Å². The first-order valence-corrected chi connectivity index (χ1v) is 5.54. The molecule has 1 aromatic heterocycles. The quantitative estimate of drug-likeness (QED) is 0.853. The van der Waals surface area contributed by atoms with Crippen molar-refractivity contribution in [2.24, 2.45) is 5.73 Å². The largest absolute Gasteiger partial charge is 0.389 e. The zero-order chi connectivity index (χ0) is 13.8. The molecule has 0 aliphatic heterocycles. The average Bonchev–Trinajstić information content (AvgIpc) is 2.70. The summed E-state index contributed by atoms with van der Waals surface area (Å²) in [6, 6.07) is -0.601. The van der Waals surface area contributed by atoms with Crippen LogP contribution in [0.15, 0.2) is 4.52 Å². The van der Waals surface area contributed by atoms with Crippen molar-refractivity contribution in [3.8, 4) is 0 Å². The number of aryl methyl sites for hydroxylation is 1. The van der Waals surface area contributed by atoms with E-state index in [2.05, 4.69) is 10.1 Å². The van der Waals surface area contributed by atoms with Crippen LogP contribution in [-0.2, 0) is 11.2 Å². The van der Waals surface area contributed by atoms with Crippen molar-refractivity contribution in [2.45, 2.75) is 45.0 Å². The van der Waals surface area contributed by atoms with E-state index in [0.29, 0.717) is 0 Å². The minimum absolute atomic E-state index is 0.00708. The van der Waals surface area contributed by atoms with Gasteiger partial charge in [0.2, 0.25) is 5.89 Å². The maximum Gasteiger partial charge on any atom is 0.389 e. The summed E-state index contributed by atoms with van der Waals surface area (Å²) in [5.41, 5.74) is 5.71. The molecule has 1 heterocycles. The number of nitrogens with two attached hydrogens (primary N) is 1. The van der Waals surface area contributed by atoms with Gasteiger partial charge in [-0.3, -0.25) is 0 Å². The molecule has 0 saturated carbocycles. The fraction of sp³-hybridized carbons (Fsp3) is 0.800. The number of halogens is 3. The summed E-state index contributed by atoms with van der Waals surface area (Å²) in [5, 5.41) is 3.54. The number of hydrogen-bond acceptors (Lipinski definition) is 5. The van der Waals surface area contributed by atoms with Crippen molar-refractivity contribution >= 4 is 0 Å². The van der Waals surface area contributed by atoms with Crippen LogP contribution in [0.25, 0.3) is 0 Å². The van der Waals surface area contributed by atoms with Crippen LogP contribution < -0.4 is 5.73 Å². The smallest absolute Gasteiger partial charge is 0.377 e. The third kappa shape index (κ3) is 5.46. The van der Waals surface area contributed by atoms with E-state index >= 15 is 0 Å². The van der Waals surface area contributed by atoms with Crippen molar-refractivity contribution in [3.63, 3.8) is 0 Å². The van der Waals surface area contributed by atoms with E-state index < -0.39 is 18.6 Å². The SMILES string of the molecule is CC(C)OCC(N)c1noc(CCC(F)(F)F)n1. The minimum atomic E-state index is -4.24. The van der Waals surface area contributed by atoms with Crippen molar-refractivity contribution in [1.82, 2.24) is 10.1 Å². The van der Waals surface area contributed by atoms with E-state index in [4.69, 9.17) is 15.0 Å². The Kier molecular flexibility index (Phi) is 5.09. The molecule has 0 amide bonds. The molecule has 0 aromatic carbocycles. The van der Waals surface area contributed by atoms with Gasteiger partial charge in [-0.2, -0.15) is 18.2 Å². The summed E-state index contributed by atoms with van der Waals surface area (Å²) in [6.45, 7) is 3.88. The molecule has 2 N–H and O–H groups in total. The van der Waals surface area contributed by atoms with Crippen LogP contribution in [0.5, 0.6) is 0 Å². The van der Waals surface area contributed by atoms with Crippen LogP contribution in [0.4, 0.5) is 13.2 Å². The maximum absolute atomic E-state index is 12.0. The molecule has 1 atom stereocenters. The zero-order valence-corrected chi connectivity index (χ0v) is 10.2. The minimum Gasteiger partial charge on any atom is -0.377 e. The monoisotopic (exact) mass is 267 g/mol. The summed E-state index contributed by atoms with van der Waals surface area (Å²) < 4.78 is 45.9. The average molecular weight is 267 g/mol. The fourth-order valence-electron chi connectivity index (χ4n) is 1.14. The predicted molar refractivity (Wildman–Crippen MR) is 56.7 cm³/mol. The fourth-order valence-corrected chi connectivity index (χ4v) is 1.14. The molecule has 0 saturated heterocycles. The van der Waals surface area contributed by atoms with Gasteiger partial charge in [-0.05, 0) is 13.8 Å². The van der Waals surface area contributed by atoms with E-state index in [-0.39, 0.29) is 30.8 Å². The molecule has 0 radical (unpaired) electrons. The summed E-state index contributed by atoms with van der Waals surface area (Å²) in [4.78, 5) is 3.81. The van der Waals surface area contributed by atoms with Gasteiger partial charge in [0.25, 0.3) is 0 Å². The standard InChI is InChI=1S/C10H16F3N3O2/c1-6(2)17-5-7(14)9-15-8(18-16-9)3-4-10(11,12)13/h6-7H,3-5,14H2,1-2H3. The molecule has 5 nitrogen and oxygen atoms in total. The maximum atomic E-state index is 12.0. The first-order valence-electron chi connectivity index (χ1n) is 5.54. The second-order valence-corrected chi connectivity index (χ2v) is 4.15. The number of ether oxygens (including phenoxy) is 1. The molecule has 8 heteroatoms. The number of alkyl halides is 3. The van der Waals surface area contributed by atoms with Crippen LogP contribution in [0.1, 0.15) is 38.0 Å². The second-order valence-electron chi connectivity index (χ2n) is 4.15. The number of nitrogens with zero attached hydrogens (tertiary/aromatic N) is 2. The molecular weight excluding hydrogens is 251 g/mol. The molecule has 0 spiro atoms. The first-order chi connectivity index (χ1) is 8.28. The third-order valence-corrected chi connectivity index (χ3v) is 2.05. The van der Waals surface area contributed by atoms with Crippen LogP contribution in [-0.4, -0.2) is 29.0 Å². The highest BCUT2D eigenvalue weighted by Gasteiger charge is 2.28. The van der Waals surface area contributed by atoms with Gasteiger partial charge in [0, 0.05) is 6.42 Å². The van der Waals surface area contributed by atoms with Gasteiger partial charge in [0.15, 0.2) is 5.82 Å². The van der Waals surface area contributed by atoms with Gasteiger partial charge in [0.05, 0.1) is 25.2 Å². The van der Waals surface area contributed by atoms with E-state index in [0.717, 1.165) is 0 Å². The van der Waals surface area contributed by atoms with Crippen LogP contribution in [0.2, 0.25) is 0 Å². The molecule has 0 aliphatic rings. The lowest BCUT2D eigenvalue weighted by molar-refractivity contribution is -0.134. The molecule has 1 rings (SSSR count). The first kappa shape index (κ1) is 14.9. The lowest BCUT2D eigenvalue weighted by atomic mass is 10.3. The number of rotatable bonds is 6. The summed E-state index contributed by atoms with van der Waals surface area (Å²) in [7, 11) is 0. The van der Waals surface area contributed by atoms with Gasteiger partial charge in [-0.25, -0.2) is 0 Å². The topological polar surface area (TPSA) is 74.2 Å². The Morgan fingerprint density at radius 1 is 1.39 bits per heavy atom. The third-order valence-electron chi connectivity index (χ3n) is 2.05. The van der Waals surface area contributed by atoms with Crippen molar-refractivity contribution in [3.05, 3.63) is 11.7 Å². The van der Waals surface area contributed by atoms with E-state index in [1.165, 1.54) is 0 Å². The highest BCUT2D eigenvalue weighted by Crippen LogP contribution is 2.21. The van der Waals surface area contributed by atoms with Crippen molar-refractivity contribution in [2.75, 3.05) is 6.61 Å². The highest BCUT2D eigenvalue weighted by molar-refractivity contribution is 4.93. The molecule has 1 aromatic rings. The lowest BCUT2D eigenvalue weighted by Gasteiger charge is -2.10. The van der Waals surface area contributed by atoms with Crippen molar-refractivity contribution < 1.29 is 22.4 Å². The normalized spacial score (nSPS) is 14.2. The molecule has 0 aliphatic carbocycles. The lowest BCUT2D eigenvalue weighted by Crippen LogP contribution is -2.20. The van der Waals surface area contributed by atoms with Gasteiger partial charge in [-0.1, -0.05) is 5.16 Å². The number of hydrogen-bond donors (Lipinski definition) is 1. The number of aromatic nitrogens is 2. The Morgan fingerprint density at radius 3 is 2.61 bits per heavy atom. The van der Waals surface area contributed by atoms with Gasteiger partial charge in [0.1, 0.15) is 0 Å². The molecule has 104 valence electrons. The highest BCUT2D eigenvalue weighted by atomic mass is 19.4. The Bertz CT molecular complexity index is 365. The van der Waals surface area contributed by atoms with Crippen LogP contribution in [0, 0.1) is 0 Å². The van der Waals surface area contributed by atoms with Crippen LogP contribution in [0.3, 0.4) is 0 Å². The Hall–Kier alpha value is -1.15. The zero-order valence-electron chi connectivity index (χ0n) is 10.2. The van der Waals surface area contributed by atoms with Crippen LogP contribution >= 0.6 is 0 Å². The molecule has 1 unspecified atom stereocenters. The summed E-state index contributed by atoms with van der Waals surface area (Å²) in [6.07, 6.45) is -5.56. The van der Waals surface area contributed by atoms with E-state index in [9.17, 15) is 13.2 Å². The Labute approximate surface area is 102 Å². The van der Waals surface area contributed by atoms with Gasteiger partial charge >= 0.3 is 6.18 Å². The molecule has 18 heavy (non-hydrogen) atoms. The van der Waals surface area contributed by atoms with E-state index in [1.807, 2.05) is 13.8 Å².